The van der Waals surface area contributed by atoms with Gasteiger partial charge in [0.05, 0.1) is 40.3 Å². The van der Waals surface area contributed by atoms with Crippen LogP contribution in [0.4, 0.5) is 0 Å². The molecule has 0 amide bonds. The summed E-state index contributed by atoms with van der Waals surface area (Å²) in [6, 6.07) is 0. The second kappa shape index (κ2) is 18.8. The van der Waals surface area contributed by atoms with E-state index in [1.54, 1.807) is 13.8 Å². The minimum atomic E-state index is -3.56. The molecule has 10 unspecified atom stereocenters. The van der Waals surface area contributed by atoms with Crippen LogP contribution in [0.15, 0.2) is 0 Å². The lowest BCUT2D eigenvalue weighted by Crippen LogP contribution is -2.39. The van der Waals surface area contributed by atoms with E-state index in [0.29, 0.717) is 31.1 Å². The van der Waals surface area contributed by atoms with Crippen LogP contribution >= 0.6 is 0 Å². The van der Waals surface area contributed by atoms with Crippen molar-refractivity contribution >= 4 is 45.9 Å². The van der Waals surface area contributed by atoms with E-state index in [9.17, 15) is 37.2 Å². The molecule has 10 atom stereocenters. The third kappa shape index (κ3) is 10.9. The molecular formula is C45H70O15S. The third-order valence-corrected chi connectivity index (χ3v) is 16.5. The van der Waals surface area contributed by atoms with Gasteiger partial charge in [-0.2, -0.15) is 8.42 Å². The molecule has 0 aromatic carbocycles. The lowest BCUT2D eigenvalue weighted by atomic mass is 9.87. The fourth-order valence-corrected chi connectivity index (χ4v) is 11.3. The maximum absolute atomic E-state index is 12.1. The molecule has 4 bridgehead atoms. The maximum atomic E-state index is 12.1. The van der Waals surface area contributed by atoms with Crippen LogP contribution in [0.3, 0.4) is 0 Å². The van der Waals surface area contributed by atoms with E-state index >= 15 is 0 Å². The Morgan fingerprint density at radius 1 is 0.672 bits per heavy atom. The lowest BCUT2D eigenvalue weighted by molar-refractivity contribution is -0.170. The van der Waals surface area contributed by atoms with E-state index in [2.05, 4.69) is 6.92 Å². The molecule has 5 saturated carbocycles. The first kappa shape index (κ1) is 48.8. The molecule has 7 fully saturated rings. The van der Waals surface area contributed by atoms with Crippen LogP contribution in [0.5, 0.6) is 0 Å². The predicted molar refractivity (Wildman–Crippen MR) is 219 cm³/mol. The zero-order valence-corrected chi connectivity index (χ0v) is 38.7. The average Bonchev–Trinajstić information content (AvgIpc) is 4.07. The highest BCUT2D eigenvalue weighted by Gasteiger charge is 2.66. The van der Waals surface area contributed by atoms with Gasteiger partial charge >= 0.3 is 35.8 Å². The number of carbonyl (C=O) groups excluding carboxylic acids is 6. The van der Waals surface area contributed by atoms with Gasteiger partial charge in [0.1, 0.15) is 43.2 Å². The van der Waals surface area contributed by atoms with Gasteiger partial charge in [-0.1, -0.05) is 20.8 Å². The van der Waals surface area contributed by atoms with Gasteiger partial charge in [-0.25, -0.2) is 0 Å². The van der Waals surface area contributed by atoms with Crippen LogP contribution < -0.4 is 0 Å². The van der Waals surface area contributed by atoms with E-state index in [0.717, 1.165) is 38.5 Å². The maximum Gasteiger partial charge on any atom is 0.312 e. The number of fused-ring (bicyclic) bond motifs is 2. The first-order valence-corrected chi connectivity index (χ1v) is 23.9. The van der Waals surface area contributed by atoms with Crippen LogP contribution in [0.1, 0.15) is 153 Å². The number of esters is 6. The summed E-state index contributed by atoms with van der Waals surface area (Å²) in [6.45, 7) is 19.1. The van der Waals surface area contributed by atoms with Crippen LogP contribution in [0.25, 0.3) is 0 Å². The lowest BCUT2D eigenvalue weighted by Gasteiger charge is -2.29. The second-order valence-corrected chi connectivity index (χ2v) is 22.1. The predicted octanol–water partition coefficient (Wildman–Crippen LogP) is 6.55. The smallest absolute Gasteiger partial charge is 0.312 e. The Kier molecular flexibility index (Phi) is 15.1. The van der Waals surface area contributed by atoms with E-state index < -0.39 is 50.3 Å². The number of rotatable bonds is 15. The van der Waals surface area contributed by atoms with Gasteiger partial charge in [-0.05, 0) is 119 Å². The molecule has 7 aliphatic rings. The standard InChI is InChI=1S/C19H28O9S.C14H20O4.C12H22O2/c1-4-19(2,3)18(22)26-8-7-25-14(20)5-6-15(21)27-16-11-9-12-13(10-11)29(23,24)28-17(12)16;1-4-14(2,3)13(16)18-10-7-5-8-9(6-7)12(15)17-11(8)10;1-5-11(2,3)10(13)14-12(4)8-6-7-9-12/h11-13,16-17H,4-10H2,1-3H3;7-11H,4-6H2,1-3H3;5-9H2,1-4H3. The Morgan fingerprint density at radius 2 is 1.20 bits per heavy atom. The molecule has 346 valence electrons. The van der Waals surface area contributed by atoms with Crippen molar-refractivity contribution in [2.75, 3.05) is 13.2 Å². The van der Waals surface area contributed by atoms with Gasteiger partial charge in [0.2, 0.25) is 0 Å². The molecule has 5 aliphatic carbocycles. The van der Waals surface area contributed by atoms with Crippen molar-refractivity contribution in [3.8, 4) is 0 Å². The molecule has 0 spiro atoms. The highest BCUT2D eigenvalue weighted by Crippen LogP contribution is 2.56. The molecule has 16 heteroatoms. The molecular weight excluding hydrogens is 813 g/mol. The average molecular weight is 883 g/mol. The summed E-state index contributed by atoms with van der Waals surface area (Å²) in [5, 5.41) is -0.473. The van der Waals surface area contributed by atoms with Crippen molar-refractivity contribution in [2.45, 2.75) is 188 Å². The SMILES string of the molecule is CCC(C)(C)C(=O)OC1(C)CCCC1.CCC(C)(C)C(=O)OC1C2CC3C(=O)OC1C3C2.CCC(C)(C)C(=O)OCCOC(=O)CCC(=O)OC1C2CC3C1OS(=O)(=O)C3C2. The van der Waals surface area contributed by atoms with Crippen molar-refractivity contribution in [3.63, 3.8) is 0 Å². The monoisotopic (exact) mass is 882 g/mol. The Balaban J connectivity index is 0.000000188. The van der Waals surface area contributed by atoms with Crippen molar-refractivity contribution in [1.29, 1.82) is 0 Å². The molecule has 0 radical (unpaired) electrons. The molecule has 2 aliphatic heterocycles. The summed E-state index contributed by atoms with van der Waals surface area (Å²) in [7, 11) is -3.56. The van der Waals surface area contributed by atoms with Crippen molar-refractivity contribution in [2.24, 2.45) is 45.8 Å². The van der Waals surface area contributed by atoms with Crippen LogP contribution in [-0.4, -0.2) is 92.7 Å². The topological polar surface area (TPSA) is 201 Å². The minimum Gasteiger partial charge on any atom is -0.462 e. The summed E-state index contributed by atoms with van der Waals surface area (Å²) < 4.78 is 61.1. The molecule has 0 aromatic heterocycles. The molecule has 2 heterocycles. The van der Waals surface area contributed by atoms with E-state index in [1.165, 1.54) is 12.8 Å². The molecule has 0 aromatic rings. The number of ether oxygens (including phenoxy) is 6. The highest BCUT2D eigenvalue weighted by atomic mass is 32.2. The molecule has 7 rings (SSSR count). The van der Waals surface area contributed by atoms with Gasteiger partial charge in [-0.15, -0.1) is 0 Å². The van der Waals surface area contributed by atoms with Crippen molar-refractivity contribution in [1.82, 2.24) is 0 Å². The molecule has 0 N–H and O–H groups in total. The summed E-state index contributed by atoms with van der Waals surface area (Å²) >= 11 is 0. The Labute approximate surface area is 361 Å². The molecule has 61 heavy (non-hydrogen) atoms. The van der Waals surface area contributed by atoms with E-state index in [1.807, 2.05) is 48.5 Å². The largest absolute Gasteiger partial charge is 0.462 e. The van der Waals surface area contributed by atoms with Crippen LogP contribution in [0.2, 0.25) is 0 Å². The fourth-order valence-electron chi connectivity index (χ4n) is 9.38. The normalized spacial score (nSPS) is 31.9. The minimum absolute atomic E-state index is 0.00904. The van der Waals surface area contributed by atoms with Gasteiger partial charge in [-0.3, -0.25) is 33.0 Å². The van der Waals surface area contributed by atoms with Gasteiger partial charge in [0.15, 0.2) is 0 Å². The molecule has 15 nitrogen and oxygen atoms in total. The third-order valence-electron chi connectivity index (χ3n) is 14.8. The zero-order chi connectivity index (χ0) is 45.3. The van der Waals surface area contributed by atoms with Gasteiger partial charge in [0.25, 0.3) is 10.1 Å². The molecule has 2 saturated heterocycles. The second-order valence-electron chi connectivity index (χ2n) is 20.3. The van der Waals surface area contributed by atoms with Crippen LogP contribution in [0, 0.1) is 45.8 Å². The highest BCUT2D eigenvalue weighted by molar-refractivity contribution is 7.87. The van der Waals surface area contributed by atoms with Crippen LogP contribution in [-0.2, 0) is 71.5 Å². The Bertz CT molecular complexity index is 1760. The van der Waals surface area contributed by atoms with E-state index in [4.69, 9.17) is 32.6 Å². The number of hydrogen-bond donors (Lipinski definition) is 0. The fraction of sp³-hybridized carbons (Fsp3) is 0.867. The Hall–Kier alpha value is -3.27. The van der Waals surface area contributed by atoms with Crippen molar-refractivity contribution < 1.29 is 69.8 Å². The summed E-state index contributed by atoms with van der Waals surface area (Å²) in [5.74, 6) is -1.23. The summed E-state index contributed by atoms with van der Waals surface area (Å²) in [5.41, 5.74) is -1.55. The number of carbonyl (C=O) groups is 6. The first-order valence-electron chi connectivity index (χ1n) is 22.5. The Morgan fingerprint density at radius 3 is 1.82 bits per heavy atom. The zero-order valence-electron chi connectivity index (χ0n) is 37.9. The van der Waals surface area contributed by atoms with Gasteiger partial charge in [0, 0.05) is 23.7 Å². The van der Waals surface area contributed by atoms with Gasteiger partial charge < -0.3 is 28.4 Å². The van der Waals surface area contributed by atoms with Crippen molar-refractivity contribution in [3.05, 3.63) is 0 Å². The quantitative estimate of drug-likeness (QED) is 0.0741. The summed E-state index contributed by atoms with van der Waals surface area (Å²) in [6.07, 6.45) is 7.74. The summed E-state index contributed by atoms with van der Waals surface area (Å²) in [4.78, 5) is 71.2. The first-order chi connectivity index (χ1) is 28.4. The van der Waals surface area contributed by atoms with E-state index in [-0.39, 0.29) is 90.9 Å². The number of hydrogen-bond acceptors (Lipinski definition) is 15.